The zero-order chi connectivity index (χ0) is 25.7. The van der Waals surface area contributed by atoms with Gasteiger partial charge in [0.25, 0.3) is 0 Å². The zero-order valence-corrected chi connectivity index (χ0v) is 27.1. The van der Waals surface area contributed by atoms with Gasteiger partial charge in [0.05, 0.1) is 0 Å². The van der Waals surface area contributed by atoms with Gasteiger partial charge in [0.2, 0.25) is 0 Å². The van der Waals surface area contributed by atoms with Crippen LogP contribution in [0.3, 0.4) is 0 Å². The van der Waals surface area contributed by atoms with Crippen LogP contribution < -0.4 is 13.6 Å². The number of fused-ring (bicyclic) bond motifs is 4. The van der Waals surface area contributed by atoms with E-state index in [-0.39, 0.29) is 3.63 Å². The molecule has 186 valence electrons. The number of halogens is 2. The molecule has 0 N–H and O–H groups in total. The number of allylic oxidation sites excluding steroid dienone is 1. The molecule has 0 bridgehead atoms. The van der Waals surface area contributed by atoms with Gasteiger partial charge in [-0.15, -0.1) is 0 Å². The predicted molar refractivity (Wildman–Crippen MR) is 163 cm³/mol. The van der Waals surface area contributed by atoms with Crippen LogP contribution >= 0.6 is 17.0 Å². The first-order valence-corrected chi connectivity index (χ1v) is 23.8. The van der Waals surface area contributed by atoms with Crippen LogP contribution in [0.25, 0.3) is 28.3 Å². The molecule has 0 saturated heterocycles. The van der Waals surface area contributed by atoms with Crippen molar-refractivity contribution in [2.24, 2.45) is 0 Å². The third-order valence-corrected chi connectivity index (χ3v) is 22.7. The fourth-order valence-corrected chi connectivity index (χ4v) is 23.3. The summed E-state index contributed by atoms with van der Waals surface area (Å²) < 4.78 is 1.46. The first-order valence-electron chi connectivity index (χ1n) is 13.4. The van der Waals surface area contributed by atoms with Crippen molar-refractivity contribution in [1.82, 2.24) is 0 Å². The van der Waals surface area contributed by atoms with E-state index in [1.165, 1.54) is 70.1 Å². The van der Waals surface area contributed by atoms with Crippen LogP contribution in [-0.4, -0.2) is 9.52 Å². The van der Waals surface area contributed by atoms with Crippen LogP contribution in [0.4, 0.5) is 0 Å². The van der Waals surface area contributed by atoms with Crippen LogP contribution in [0, 0.1) is 13.8 Å². The van der Waals surface area contributed by atoms with Crippen molar-refractivity contribution >= 4 is 46.3 Å². The van der Waals surface area contributed by atoms with Gasteiger partial charge in [-0.05, 0) is 0 Å². The SMILES string of the molecule is CCCCC1=Cc2c(ccc(C)c2-c2ccccc2C)[CH]1[Zr]([Cl])([Cl])[c]1cccc2c1[SiH2]c1ccccc1-2. The maximum absolute atomic E-state index is 7.82. The molecular weight excluding hydrogens is 587 g/mol. The number of unbranched alkanes of at least 4 members (excludes halogenated alkanes) is 1. The number of hydrogen-bond acceptors (Lipinski definition) is 0. The van der Waals surface area contributed by atoms with Crippen molar-refractivity contribution in [2.75, 3.05) is 0 Å². The molecule has 1 heterocycles. The average molecular weight is 619 g/mol. The van der Waals surface area contributed by atoms with Crippen LogP contribution in [-0.2, 0) is 17.9 Å². The summed E-state index contributed by atoms with van der Waals surface area (Å²) in [6, 6.07) is 29.0. The minimum absolute atomic E-state index is 0.145. The number of rotatable bonds is 6. The fraction of sp³-hybridized carbons (Fsp3) is 0.212. The Morgan fingerprint density at radius 2 is 1.51 bits per heavy atom. The summed E-state index contributed by atoms with van der Waals surface area (Å²) >= 11 is -3.93. The molecule has 0 radical (unpaired) electrons. The molecule has 6 rings (SSSR count). The molecule has 0 fully saturated rings. The summed E-state index contributed by atoms with van der Waals surface area (Å²) in [4.78, 5) is 0. The molecule has 1 aliphatic heterocycles. The third kappa shape index (κ3) is 4.29. The van der Waals surface area contributed by atoms with Crippen molar-refractivity contribution < 1.29 is 17.9 Å². The molecule has 4 heteroatoms. The van der Waals surface area contributed by atoms with Gasteiger partial charge in [0, 0.05) is 0 Å². The summed E-state index contributed by atoms with van der Waals surface area (Å²) in [7, 11) is 15.0. The Morgan fingerprint density at radius 1 is 0.784 bits per heavy atom. The van der Waals surface area contributed by atoms with Gasteiger partial charge >= 0.3 is 237 Å². The molecular formula is C33H32Cl2SiZr. The van der Waals surface area contributed by atoms with E-state index in [1.807, 2.05) is 0 Å². The van der Waals surface area contributed by atoms with E-state index >= 15 is 0 Å². The zero-order valence-electron chi connectivity index (χ0n) is 21.7. The summed E-state index contributed by atoms with van der Waals surface area (Å²) in [5.74, 6) is 0. The molecule has 2 aliphatic rings. The van der Waals surface area contributed by atoms with Crippen molar-refractivity contribution in [3.63, 3.8) is 0 Å². The second-order valence-electron chi connectivity index (χ2n) is 10.6. The fourth-order valence-electron chi connectivity index (χ4n) is 6.48. The second kappa shape index (κ2) is 10.1. The molecule has 1 aliphatic carbocycles. The number of hydrogen-bond donors (Lipinski definition) is 0. The quantitative estimate of drug-likeness (QED) is 0.173. The van der Waals surface area contributed by atoms with Crippen molar-refractivity contribution in [3.05, 3.63) is 107 Å². The molecule has 1 unspecified atom stereocenters. The van der Waals surface area contributed by atoms with Gasteiger partial charge < -0.3 is 0 Å². The number of benzene rings is 4. The monoisotopic (exact) mass is 616 g/mol. The Bertz CT molecular complexity index is 1550. The van der Waals surface area contributed by atoms with Crippen LogP contribution in [0.15, 0.2) is 84.4 Å². The van der Waals surface area contributed by atoms with Crippen molar-refractivity contribution in [3.8, 4) is 22.3 Å². The van der Waals surface area contributed by atoms with E-state index < -0.39 is 27.4 Å². The van der Waals surface area contributed by atoms with Gasteiger partial charge in [-0.2, -0.15) is 0 Å². The standard InChI is InChI=1S/C21H23.C12H9Si.2ClH.Zr/c1-4-5-9-17-13-18-12-11-16(3)21(20(18)14-17)19-10-7-6-8-15(19)2;1-3-7-11-9(5-1)10-6-2-4-8-12(10)13-11;;;/h6-8,10-14H,4-5,9H2,1-3H3;1-7H,13H2;2*1H;/q;;;;+2/p-2. The Hall–Kier alpha value is -1.70. The van der Waals surface area contributed by atoms with Crippen LogP contribution in [0.5, 0.6) is 0 Å². The number of aryl methyl sites for hydroxylation is 2. The van der Waals surface area contributed by atoms with E-state index in [0.29, 0.717) is 0 Å². The Labute approximate surface area is 235 Å². The van der Waals surface area contributed by atoms with Gasteiger partial charge in [-0.25, -0.2) is 0 Å². The van der Waals surface area contributed by atoms with Gasteiger partial charge in [0.1, 0.15) is 0 Å². The second-order valence-corrected chi connectivity index (χ2v) is 26.4. The van der Waals surface area contributed by atoms with Gasteiger partial charge in [-0.1, -0.05) is 0 Å². The van der Waals surface area contributed by atoms with E-state index in [9.17, 15) is 0 Å². The van der Waals surface area contributed by atoms with Crippen LogP contribution in [0.2, 0.25) is 0 Å². The summed E-state index contributed by atoms with van der Waals surface area (Å²) in [6.07, 6.45) is 5.86. The molecule has 0 aromatic heterocycles. The molecule has 4 aromatic carbocycles. The van der Waals surface area contributed by atoms with E-state index in [0.717, 1.165) is 12.8 Å². The Balaban J connectivity index is 1.53. The van der Waals surface area contributed by atoms with Gasteiger partial charge in [0.15, 0.2) is 0 Å². The Kier molecular flexibility index (Phi) is 7.00. The normalized spacial score (nSPS) is 16.5. The maximum atomic E-state index is 7.82. The molecule has 37 heavy (non-hydrogen) atoms. The van der Waals surface area contributed by atoms with Crippen LogP contribution in [0.1, 0.15) is 52.1 Å². The summed E-state index contributed by atoms with van der Waals surface area (Å²) in [5.41, 5.74) is 12.2. The minimum atomic E-state index is -3.93. The van der Waals surface area contributed by atoms with Crippen molar-refractivity contribution in [1.29, 1.82) is 0 Å². The first-order chi connectivity index (χ1) is 17.9. The molecule has 0 amide bonds. The van der Waals surface area contributed by atoms with E-state index in [1.54, 1.807) is 0 Å². The Morgan fingerprint density at radius 3 is 2.30 bits per heavy atom. The molecule has 0 nitrogen and oxygen atoms in total. The van der Waals surface area contributed by atoms with Crippen molar-refractivity contribution in [2.45, 2.75) is 43.7 Å². The average Bonchev–Trinajstić information content (AvgIpc) is 3.46. The van der Waals surface area contributed by atoms with Gasteiger partial charge in [-0.3, -0.25) is 0 Å². The molecule has 1 atom stereocenters. The topological polar surface area (TPSA) is 0 Å². The third-order valence-electron chi connectivity index (χ3n) is 8.30. The molecule has 4 aromatic rings. The molecule has 0 spiro atoms. The molecule has 0 saturated carbocycles. The predicted octanol–water partition coefficient (Wildman–Crippen LogP) is 7.49. The van der Waals surface area contributed by atoms with E-state index in [2.05, 4.69) is 106 Å². The van der Waals surface area contributed by atoms with E-state index in [4.69, 9.17) is 17.0 Å². The first kappa shape index (κ1) is 25.6. The summed E-state index contributed by atoms with van der Waals surface area (Å²) in [5, 5.41) is 3.02. The summed E-state index contributed by atoms with van der Waals surface area (Å²) in [6.45, 7) is 6.72.